The smallest absolute Gasteiger partial charge is 0.00550 e. The van der Waals surface area contributed by atoms with E-state index >= 15 is 0 Å². The van der Waals surface area contributed by atoms with Crippen molar-refractivity contribution < 1.29 is 0 Å². The highest BCUT2D eigenvalue weighted by molar-refractivity contribution is 5.68. The first-order chi connectivity index (χ1) is 7.22. The molecule has 0 heterocycles. The molecule has 1 aliphatic rings. The van der Waals surface area contributed by atoms with Gasteiger partial charge in [-0.2, -0.15) is 0 Å². The summed E-state index contributed by atoms with van der Waals surface area (Å²) in [5.74, 6) is 0. The van der Waals surface area contributed by atoms with Crippen LogP contribution in [0.15, 0.2) is 30.4 Å². The van der Waals surface area contributed by atoms with E-state index in [1.807, 2.05) is 6.08 Å². The molecular weight excluding hydrogens is 180 g/mol. The molecular formula is C15H18. The molecule has 0 nitrogen and oxygen atoms in total. The van der Waals surface area contributed by atoms with Gasteiger partial charge in [0.25, 0.3) is 0 Å². The van der Waals surface area contributed by atoms with Gasteiger partial charge in [-0.15, -0.1) is 6.58 Å². The van der Waals surface area contributed by atoms with Gasteiger partial charge in [0, 0.05) is 0 Å². The molecule has 0 saturated carbocycles. The molecule has 0 atom stereocenters. The fraction of sp³-hybridized carbons (Fsp3) is 0.333. The number of benzene rings is 1. The van der Waals surface area contributed by atoms with Crippen molar-refractivity contribution in [1.82, 2.24) is 0 Å². The summed E-state index contributed by atoms with van der Waals surface area (Å²) in [7, 11) is 0. The number of allylic oxidation sites excluding steroid dienone is 2. The Morgan fingerprint density at radius 1 is 1.27 bits per heavy atom. The zero-order chi connectivity index (χ0) is 10.8. The number of aryl methyl sites for hydroxylation is 2. The Bertz CT molecular complexity index is 422. The highest BCUT2D eigenvalue weighted by Gasteiger charge is 2.15. The van der Waals surface area contributed by atoms with Gasteiger partial charge in [0.1, 0.15) is 0 Å². The van der Waals surface area contributed by atoms with Crippen molar-refractivity contribution in [3.05, 3.63) is 52.6 Å². The fourth-order valence-electron chi connectivity index (χ4n) is 2.26. The van der Waals surface area contributed by atoms with E-state index in [1.165, 1.54) is 22.3 Å². The van der Waals surface area contributed by atoms with Crippen LogP contribution in [-0.2, 0) is 6.42 Å². The molecule has 78 valence electrons. The quantitative estimate of drug-likeness (QED) is 0.638. The fourth-order valence-corrected chi connectivity index (χ4v) is 2.26. The summed E-state index contributed by atoms with van der Waals surface area (Å²) in [5, 5.41) is 0. The summed E-state index contributed by atoms with van der Waals surface area (Å²) in [6, 6.07) is 4.46. The van der Waals surface area contributed by atoms with Crippen molar-refractivity contribution in [2.24, 2.45) is 0 Å². The lowest BCUT2D eigenvalue weighted by Gasteiger charge is -2.06. The van der Waals surface area contributed by atoms with Crippen LogP contribution in [0, 0.1) is 13.8 Å². The molecule has 0 fully saturated rings. The number of fused-ring (bicyclic) bond motifs is 1. The van der Waals surface area contributed by atoms with Crippen LogP contribution < -0.4 is 0 Å². The molecule has 0 N–H and O–H groups in total. The van der Waals surface area contributed by atoms with E-state index in [-0.39, 0.29) is 0 Å². The largest absolute Gasteiger partial charge is 0.103 e. The van der Waals surface area contributed by atoms with E-state index in [1.54, 1.807) is 5.57 Å². The zero-order valence-corrected chi connectivity index (χ0v) is 9.64. The highest BCUT2D eigenvalue weighted by atomic mass is 14.2. The van der Waals surface area contributed by atoms with Gasteiger partial charge in [-0.3, -0.25) is 0 Å². The van der Waals surface area contributed by atoms with Crippen molar-refractivity contribution in [1.29, 1.82) is 0 Å². The first-order valence-electron chi connectivity index (χ1n) is 5.62. The van der Waals surface area contributed by atoms with Crippen molar-refractivity contribution >= 4 is 6.08 Å². The monoisotopic (exact) mass is 198 g/mol. The molecule has 0 saturated heterocycles. The maximum absolute atomic E-state index is 3.78. The summed E-state index contributed by atoms with van der Waals surface area (Å²) in [4.78, 5) is 0. The van der Waals surface area contributed by atoms with E-state index in [0.29, 0.717) is 0 Å². The SMILES string of the molecule is C=CCCC1=Cc2c(C)ccc(C)c2C1. The lowest BCUT2D eigenvalue weighted by molar-refractivity contribution is 0.946. The van der Waals surface area contributed by atoms with Crippen LogP contribution in [0.2, 0.25) is 0 Å². The van der Waals surface area contributed by atoms with Crippen molar-refractivity contribution in [3.63, 3.8) is 0 Å². The van der Waals surface area contributed by atoms with Crippen LogP contribution in [0.25, 0.3) is 6.08 Å². The topological polar surface area (TPSA) is 0 Å². The molecule has 1 aromatic rings. The van der Waals surface area contributed by atoms with Gasteiger partial charge < -0.3 is 0 Å². The summed E-state index contributed by atoms with van der Waals surface area (Å²) < 4.78 is 0. The third-order valence-corrected chi connectivity index (χ3v) is 3.23. The molecule has 2 rings (SSSR count). The Labute approximate surface area is 92.3 Å². The van der Waals surface area contributed by atoms with E-state index in [9.17, 15) is 0 Å². The molecule has 1 aliphatic carbocycles. The lowest BCUT2D eigenvalue weighted by atomic mass is 9.99. The summed E-state index contributed by atoms with van der Waals surface area (Å²) in [6.45, 7) is 8.19. The second-order valence-corrected chi connectivity index (χ2v) is 4.40. The average Bonchev–Trinajstić information content (AvgIpc) is 2.66. The molecule has 0 bridgehead atoms. The second-order valence-electron chi connectivity index (χ2n) is 4.40. The van der Waals surface area contributed by atoms with Gasteiger partial charge in [0.2, 0.25) is 0 Å². The first-order valence-corrected chi connectivity index (χ1v) is 5.62. The van der Waals surface area contributed by atoms with Gasteiger partial charge in [0.15, 0.2) is 0 Å². The maximum Gasteiger partial charge on any atom is -0.00550 e. The van der Waals surface area contributed by atoms with Crippen LogP contribution >= 0.6 is 0 Å². The number of hydrogen-bond acceptors (Lipinski definition) is 0. The minimum atomic E-state index is 1.10. The lowest BCUT2D eigenvalue weighted by Crippen LogP contribution is -1.91. The molecule has 0 heteroatoms. The van der Waals surface area contributed by atoms with Crippen molar-refractivity contribution in [2.45, 2.75) is 33.1 Å². The van der Waals surface area contributed by atoms with Gasteiger partial charge in [0.05, 0.1) is 0 Å². The first kappa shape index (κ1) is 10.2. The van der Waals surface area contributed by atoms with Crippen molar-refractivity contribution in [3.8, 4) is 0 Å². The van der Waals surface area contributed by atoms with Crippen LogP contribution in [0.3, 0.4) is 0 Å². The third-order valence-electron chi connectivity index (χ3n) is 3.23. The number of rotatable bonds is 3. The molecule has 0 spiro atoms. The predicted molar refractivity (Wildman–Crippen MR) is 67.0 cm³/mol. The Balaban J connectivity index is 2.29. The highest BCUT2D eigenvalue weighted by Crippen LogP contribution is 2.32. The van der Waals surface area contributed by atoms with E-state index in [0.717, 1.165) is 19.3 Å². The number of hydrogen-bond donors (Lipinski definition) is 0. The van der Waals surface area contributed by atoms with Gasteiger partial charge >= 0.3 is 0 Å². The summed E-state index contributed by atoms with van der Waals surface area (Å²) in [6.07, 6.45) is 7.79. The standard InChI is InChI=1S/C15H18/c1-4-5-6-13-9-14-11(2)7-8-12(3)15(14)10-13/h4,7-9H,1,5-6,10H2,2-3H3. The average molecular weight is 198 g/mol. The van der Waals surface area contributed by atoms with Crippen LogP contribution in [-0.4, -0.2) is 0 Å². The van der Waals surface area contributed by atoms with Gasteiger partial charge in [-0.25, -0.2) is 0 Å². The third kappa shape index (κ3) is 1.90. The molecule has 0 aliphatic heterocycles. The van der Waals surface area contributed by atoms with E-state index in [4.69, 9.17) is 0 Å². The Morgan fingerprint density at radius 2 is 2.00 bits per heavy atom. The molecule has 1 aromatic carbocycles. The van der Waals surface area contributed by atoms with Gasteiger partial charge in [-0.1, -0.05) is 29.9 Å². The zero-order valence-electron chi connectivity index (χ0n) is 9.64. The minimum Gasteiger partial charge on any atom is -0.103 e. The van der Waals surface area contributed by atoms with Crippen molar-refractivity contribution in [2.75, 3.05) is 0 Å². The maximum atomic E-state index is 3.78. The Hall–Kier alpha value is -1.30. The van der Waals surface area contributed by atoms with E-state index in [2.05, 4.69) is 38.6 Å². The summed E-state index contributed by atoms with van der Waals surface area (Å²) in [5.41, 5.74) is 7.40. The van der Waals surface area contributed by atoms with Crippen LogP contribution in [0.4, 0.5) is 0 Å². The summed E-state index contributed by atoms with van der Waals surface area (Å²) >= 11 is 0. The molecule has 15 heavy (non-hydrogen) atoms. The molecule has 0 radical (unpaired) electrons. The molecule has 0 unspecified atom stereocenters. The normalized spacial score (nSPS) is 13.6. The minimum absolute atomic E-state index is 1.10. The molecule has 0 amide bonds. The van der Waals surface area contributed by atoms with Crippen LogP contribution in [0.5, 0.6) is 0 Å². The van der Waals surface area contributed by atoms with Crippen LogP contribution in [0.1, 0.15) is 35.1 Å². The van der Waals surface area contributed by atoms with Gasteiger partial charge in [-0.05, 0) is 55.4 Å². The molecule has 0 aromatic heterocycles. The Kier molecular flexibility index (Phi) is 2.77. The Morgan fingerprint density at radius 3 is 2.67 bits per heavy atom. The predicted octanol–water partition coefficient (Wildman–Crippen LogP) is 4.21. The van der Waals surface area contributed by atoms with E-state index < -0.39 is 0 Å². The second kappa shape index (κ2) is 4.06.